The molecular weight excluding hydrogens is 128 g/mol. The SMILES string of the molecule is CC(N)CCC(O)C(C)N. The lowest BCUT2D eigenvalue weighted by Gasteiger charge is -2.14. The van der Waals surface area contributed by atoms with E-state index in [0.717, 1.165) is 6.42 Å². The Morgan fingerprint density at radius 2 is 1.70 bits per heavy atom. The Morgan fingerprint density at radius 1 is 1.20 bits per heavy atom. The molecule has 0 radical (unpaired) electrons. The summed E-state index contributed by atoms with van der Waals surface area (Å²) in [5.41, 5.74) is 10.9. The number of aliphatic hydroxyl groups is 1. The minimum Gasteiger partial charge on any atom is -0.392 e. The van der Waals surface area contributed by atoms with E-state index in [1.165, 1.54) is 0 Å². The maximum absolute atomic E-state index is 9.19. The molecule has 5 N–H and O–H groups in total. The van der Waals surface area contributed by atoms with E-state index < -0.39 is 6.10 Å². The molecule has 0 aromatic carbocycles. The van der Waals surface area contributed by atoms with Crippen molar-refractivity contribution in [2.24, 2.45) is 11.5 Å². The third-order valence-corrected chi connectivity index (χ3v) is 1.52. The minimum absolute atomic E-state index is 0.140. The molecule has 0 aliphatic heterocycles. The average Bonchev–Trinajstić information content (AvgIpc) is 1.82. The zero-order valence-electron chi connectivity index (χ0n) is 6.75. The molecule has 0 heterocycles. The summed E-state index contributed by atoms with van der Waals surface area (Å²) in [6.45, 7) is 3.72. The Kier molecular flexibility index (Phi) is 4.60. The number of nitrogens with two attached hydrogens (primary N) is 2. The molecule has 0 rings (SSSR count). The predicted octanol–water partition coefficient (Wildman–Crippen LogP) is -0.178. The van der Waals surface area contributed by atoms with Crippen LogP contribution in [0.25, 0.3) is 0 Å². The number of aliphatic hydroxyl groups excluding tert-OH is 1. The highest BCUT2D eigenvalue weighted by atomic mass is 16.3. The summed E-state index contributed by atoms with van der Waals surface area (Å²) in [4.78, 5) is 0. The van der Waals surface area contributed by atoms with Crippen LogP contribution in [0.5, 0.6) is 0 Å². The fourth-order valence-corrected chi connectivity index (χ4v) is 0.697. The first-order valence-electron chi connectivity index (χ1n) is 3.73. The summed E-state index contributed by atoms with van der Waals surface area (Å²) >= 11 is 0. The van der Waals surface area contributed by atoms with Crippen LogP contribution in [0, 0.1) is 0 Å². The van der Waals surface area contributed by atoms with Gasteiger partial charge in [-0.15, -0.1) is 0 Å². The Bertz CT molecular complexity index is 83.7. The van der Waals surface area contributed by atoms with Gasteiger partial charge in [0.1, 0.15) is 0 Å². The van der Waals surface area contributed by atoms with Gasteiger partial charge < -0.3 is 16.6 Å². The molecule has 0 spiro atoms. The van der Waals surface area contributed by atoms with Gasteiger partial charge in [0.15, 0.2) is 0 Å². The summed E-state index contributed by atoms with van der Waals surface area (Å²) < 4.78 is 0. The van der Waals surface area contributed by atoms with Crippen LogP contribution in [0.4, 0.5) is 0 Å². The van der Waals surface area contributed by atoms with Gasteiger partial charge in [-0.2, -0.15) is 0 Å². The summed E-state index contributed by atoms with van der Waals surface area (Å²) in [6, 6.07) is 0.0205. The van der Waals surface area contributed by atoms with Gasteiger partial charge in [0.25, 0.3) is 0 Å². The molecule has 0 aliphatic carbocycles. The molecule has 0 aromatic rings. The molecule has 0 aliphatic rings. The predicted molar refractivity (Wildman–Crippen MR) is 42.5 cm³/mol. The molecular formula is C7H18N2O. The molecule has 0 aromatic heterocycles. The molecule has 3 atom stereocenters. The lowest BCUT2D eigenvalue weighted by Crippen LogP contribution is -2.32. The highest BCUT2D eigenvalue weighted by Gasteiger charge is 2.09. The zero-order valence-corrected chi connectivity index (χ0v) is 6.75. The Morgan fingerprint density at radius 3 is 2.00 bits per heavy atom. The van der Waals surface area contributed by atoms with E-state index in [-0.39, 0.29) is 12.1 Å². The fourth-order valence-electron chi connectivity index (χ4n) is 0.697. The van der Waals surface area contributed by atoms with Gasteiger partial charge in [0, 0.05) is 12.1 Å². The van der Waals surface area contributed by atoms with Crippen molar-refractivity contribution < 1.29 is 5.11 Å². The van der Waals surface area contributed by atoms with Crippen LogP contribution < -0.4 is 11.5 Å². The second-order valence-electron chi connectivity index (χ2n) is 2.98. The molecule has 0 saturated heterocycles. The van der Waals surface area contributed by atoms with Crippen molar-refractivity contribution in [3.05, 3.63) is 0 Å². The highest BCUT2D eigenvalue weighted by molar-refractivity contribution is 4.68. The first kappa shape index (κ1) is 9.88. The van der Waals surface area contributed by atoms with Crippen molar-refractivity contribution >= 4 is 0 Å². The van der Waals surface area contributed by atoms with E-state index in [2.05, 4.69) is 0 Å². The second kappa shape index (κ2) is 4.66. The summed E-state index contributed by atoms with van der Waals surface area (Å²) in [7, 11) is 0. The molecule has 0 fully saturated rings. The van der Waals surface area contributed by atoms with Crippen molar-refractivity contribution in [3.63, 3.8) is 0 Å². The standard InChI is InChI=1S/C7H18N2O/c1-5(8)3-4-7(10)6(2)9/h5-7,10H,3-4,8-9H2,1-2H3. The van der Waals surface area contributed by atoms with E-state index >= 15 is 0 Å². The Labute approximate surface area is 62.4 Å². The molecule has 0 bridgehead atoms. The second-order valence-corrected chi connectivity index (χ2v) is 2.98. The van der Waals surface area contributed by atoms with Gasteiger partial charge in [-0.3, -0.25) is 0 Å². The minimum atomic E-state index is -0.397. The smallest absolute Gasteiger partial charge is 0.0688 e. The van der Waals surface area contributed by atoms with Crippen molar-refractivity contribution in [1.82, 2.24) is 0 Å². The normalized spacial score (nSPS) is 20.1. The largest absolute Gasteiger partial charge is 0.392 e. The maximum Gasteiger partial charge on any atom is 0.0688 e. The molecule has 3 heteroatoms. The van der Waals surface area contributed by atoms with Crippen molar-refractivity contribution in [3.8, 4) is 0 Å². The number of hydrogen-bond acceptors (Lipinski definition) is 3. The van der Waals surface area contributed by atoms with Crippen molar-refractivity contribution in [2.75, 3.05) is 0 Å². The number of rotatable bonds is 4. The number of hydrogen-bond donors (Lipinski definition) is 3. The van der Waals surface area contributed by atoms with E-state index in [1.54, 1.807) is 6.92 Å². The van der Waals surface area contributed by atoms with Crippen LogP contribution >= 0.6 is 0 Å². The quantitative estimate of drug-likeness (QED) is 0.515. The van der Waals surface area contributed by atoms with Crippen LogP contribution in [-0.4, -0.2) is 23.3 Å². The van der Waals surface area contributed by atoms with Crippen LogP contribution in [0.2, 0.25) is 0 Å². The van der Waals surface area contributed by atoms with Gasteiger partial charge in [-0.05, 0) is 26.7 Å². The zero-order chi connectivity index (χ0) is 8.15. The van der Waals surface area contributed by atoms with Crippen LogP contribution in [0.15, 0.2) is 0 Å². The fraction of sp³-hybridized carbons (Fsp3) is 1.00. The van der Waals surface area contributed by atoms with E-state index in [0.29, 0.717) is 6.42 Å². The summed E-state index contributed by atoms with van der Waals surface area (Å²) in [5.74, 6) is 0. The third-order valence-electron chi connectivity index (χ3n) is 1.52. The first-order valence-corrected chi connectivity index (χ1v) is 3.73. The van der Waals surface area contributed by atoms with Crippen LogP contribution in [0.3, 0.4) is 0 Å². The topological polar surface area (TPSA) is 72.3 Å². The van der Waals surface area contributed by atoms with E-state index in [9.17, 15) is 5.11 Å². The van der Waals surface area contributed by atoms with Gasteiger partial charge in [-0.25, -0.2) is 0 Å². The third kappa shape index (κ3) is 4.73. The molecule has 62 valence electrons. The van der Waals surface area contributed by atoms with Crippen LogP contribution in [-0.2, 0) is 0 Å². The first-order chi connectivity index (χ1) is 4.54. The van der Waals surface area contributed by atoms with Crippen molar-refractivity contribution in [1.29, 1.82) is 0 Å². The van der Waals surface area contributed by atoms with E-state index in [1.807, 2.05) is 6.92 Å². The Balaban J connectivity index is 3.30. The van der Waals surface area contributed by atoms with Gasteiger partial charge in [-0.1, -0.05) is 0 Å². The highest BCUT2D eigenvalue weighted by Crippen LogP contribution is 2.01. The van der Waals surface area contributed by atoms with Gasteiger partial charge >= 0.3 is 0 Å². The summed E-state index contributed by atoms with van der Waals surface area (Å²) in [5, 5.41) is 9.19. The lowest BCUT2D eigenvalue weighted by molar-refractivity contribution is 0.137. The summed E-state index contributed by atoms with van der Waals surface area (Å²) in [6.07, 6.45) is 1.14. The van der Waals surface area contributed by atoms with Gasteiger partial charge in [0.2, 0.25) is 0 Å². The molecule has 3 nitrogen and oxygen atoms in total. The van der Waals surface area contributed by atoms with Crippen LogP contribution in [0.1, 0.15) is 26.7 Å². The molecule has 10 heavy (non-hydrogen) atoms. The van der Waals surface area contributed by atoms with Crippen molar-refractivity contribution in [2.45, 2.75) is 44.9 Å². The maximum atomic E-state index is 9.19. The molecule has 0 saturated carbocycles. The molecule has 0 amide bonds. The average molecular weight is 146 g/mol. The molecule has 3 unspecified atom stereocenters. The van der Waals surface area contributed by atoms with E-state index in [4.69, 9.17) is 11.5 Å². The Hall–Kier alpha value is -0.120. The monoisotopic (exact) mass is 146 g/mol. The van der Waals surface area contributed by atoms with Gasteiger partial charge in [0.05, 0.1) is 6.10 Å². The lowest BCUT2D eigenvalue weighted by atomic mass is 10.1.